The predicted molar refractivity (Wildman–Crippen MR) is 62.5 cm³/mol. The Labute approximate surface area is 90.5 Å². The molecule has 3 N–H and O–H groups in total. The van der Waals surface area contributed by atoms with Crippen molar-refractivity contribution in [3.63, 3.8) is 0 Å². The average molecular weight is 206 g/mol. The first-order valence-corrected chi connectivity index (χ1v) is 5.58. The predicted octanol–water partition coefficient (Wildman–Crippen LogP) is 1.90. The molecule has 1 aliphatic heterocycles. The molecule has 82 valence electrons. The highest BCUT2D eigenvalue weighted by atomic mass is 16.3. The molecular weight excluding hydrogens is 188 g/mol. The smallest absolute Gasteiger partial charge is 0.117 e. The second-order valence-electron chi connectivity index (χ2n) is 3.99. The van der Waals surface area contributed by atoms with Gasteiger partial charge in [0.25, 0.3) is 0 Å². The number of hydrogen-bond donors (Lipinski definition) is 3. The molecule has 0 radical (unpaired) electrons. The summed E-state index contributed by atoms with van der Waals surface area (Å²) in [5.41, 5.74) is 2.41. The van der Waals surface area contributed by atoms with Gasteiger partial charge >= 0.3 is 0 Å². The average Bonchev–Trinajstić information content (AvgIpc) is 2.25. The lowest BCUT2D eigenvalue weighted by atomic mass is 9.91. The van der Waals surface area contributed by atoms with Crippen LogP contribution in [0.25, 0.3) is 0 Å². The van der Waals surface area contributed by atoms with Crippen molar-refractivity contribution in [3.05, 3.63) is 23.8 Å². The topological polar surface area (TPSA) is 44.3 Å². The van der Waals surface area contributed by atoms with E-state index in [0.717, 1.165) is 31.7 Å². The van der Waals surface area contributed by atoms with E-state index in [1.165, 1.54) is 5.56 Å². The fourth-order valence-corrected chi connectivity index (χ4v) is 2.12. The van der Waals surface area contributed by atoms with Crippen molar-refractivity contribution < 1.29 is 5.11 Å². The van der Waals surface area contributed by atoms with E-state index in [-0.39, 0.29) is 0 Å². The third-order valence-electron chi connectivity index (χ3n) is 2.93. The van der Waals surface area contributed by atoms with E-state index < -0.39 is 0 Å². The first-order chi connectivity index (χ1) is 7.31. The van der Waals surface area contributed by atoms with Crippen LogP contribution in [0.2, 0.25) is 0 Å². The summed E-state index contributed by atoms with van der Waals surface area (Å²) in [4.78, 5) is 0. The van der Waals surface area contributed by atoms with E-state index in [4.69, 9.17) is 0 Å². The Balaban J connectivity index is 2.18. The van der Waals surface area contributed by atoms with Crippen LogP contribution >= 0.6 is 0 Å². The minimum Gasteiger partial charge on any atom is -0.508 e. The third kappa shape index (κ3) is 2.23. The molecule has 0 amide bonds. The maximum atomic E-state index is 9.39. The lowest BCUT2D eigenvalue weighted by Crippen LogP contribution is -2.26. The van der Waals surface area contributed by atoms with Crippen molar-refractivity contribution >= 4 is 5.69 Å². The summed E-state index contributed by atoms with van der Waals surface area (Å²) in [6, 6.07) is 5.61. The number of rotatable bonds is 3. The molecule has 0 fully saturated rings. The van der Waals surface area contributed by atoms with Crippen LogP contribution < -0.4 is 10.6 Å². The lowest BCUT2D eigenvalue weighted by molar-refractivity contribution is 0.474. The van der Waals surface area contributed by atoms with Gasteiger partial charge in [-0.15, -0.1) is 0 Å². The Morgan fingerprint density at radius 1 is 1.53 bits per heavy atom. The van der Waals surface area contributed by atoms with Crippen molar-refractivity contribution in [2.45, 2.75) is 19.3 Å². The highest BCUT2D eigenvalue weighted by Gasteiger charge is 2.19. The van der Waals surface area contributed by atoms with Crippen LogP contribution in [0.5, 0.6) is 5.75 Å². The summed E-state index contributed by atoms with van der Waals surface area (Å²) in [7, 11) is 0. The largest absolute Gasteiger partial charge is 0.508 e. The number of likely N-dealkylation sites (N-methyl/N-ethyl adjacent to an activating group) is 1. The second-order valence-corrected chi connectivity index (χ2v) is 3.99. The molecule has 1 atom stereocenters. The van der Waals surface area contributed by atoms with E-state index >= 15 is 0 Å². The van der Waals surface area contributed by atoms with Gasteiger partial charge in [0.1, 0.15) is 5.75 Å². The first-order valence-electron chi connectivity index (χ1n) is 5.58. The standard InChI is InChI=1S/C12H18N2O/c1-2-13-8-9-5-6-14-12-7-10(15)3-4-11(9)12/h3-4,7,9,13-15H,2,5-6,8H2,1H3. The summed E-state index contributed by atoms with van der Waals surface area (Å²) in [5, 5.41) is 16.1. The van der Waals surface area contributed by atoms with E-state index in [9.17, 15) is 5.11 Å². The molecule has 0 aliphatic carbocycles. The monoisotopic (exact) mass is 206 g/mol. The van der Waals surface area contributed by atoms with Crippen LogP contribution in [-0.2, 0) is 0 Å². The molecule has 1 heterocycles. The normalized spacial score (nSPS) is 19.4. The van der Waals surface area contributed by atoms with Crippen molar-refractivity contribution in [2.75, 3.05) is 25.0 Å². The van der Waals surface area contributed by atoms with Crippen LogP contribution in [0.1, 0.15) is 24.8 Å². The van der Waals surface area contributed by atoms with Gasteiger partial charge in [-0.05, 0) is 24.6 Å². The van der Waals surface area contributed by atoms with E-state index in [2.05, 4.69) is 17.6 Å². The zero-order valence-electron chi connectivity index (χ0n) is 9.09. The van der Waals surface area contributed by atoms with Crippen LogP contribution in [0, 0.1) is 0 Å². The molecule has 15 heavy (non-hydrogen) atoms. The molecule has 0 spiro atoms. The van der Waals surface area contributed by atoms with E-state index in [1.54, 1.807) is 6.07 Å². The van der Waals surface area contributed by atoms with Gasteiger partial charge < -0.3 is 15.7 Å². The molecule has 3 heteroatoms. The van der Waals surface area contributed by atoms with Crippen LogP contribution in [0.15, 0.2) is 18.2 Å². The Kier molecular flexibility index (Phi) is 3.11. The minimum absolute atomic E-state index is 0.338. The fraction of sp³-hybridized carbons (Fsp3) is 0.500. The summed E-state index contributed by atoms with van der Waals surface area (Å²) in [6.45, 7) is 5.15. The summed E-state index contributed by atoms with van der Waals surface area (Å²) < 4.78 is 0. The van der Waals surface area contributed by atoms with Crippen molar-refractivity contribution in [2.24, 2.45) is 0 Å². The number of phenolic OH excluding ortho intramolecular Hbond substituents is 1. The van der Waals surface area contributed by atoms with E-state index in [1.807, 2.05) is 12.1 Å². The highest BCUT2D eigenvalue weighted by molar-refractivity contribution is 5.58. The SMILES string of the molecule is CCNCC1CCNc2cc(O)ccc21. The van der Waals surface area contributed by atoms with Crippen LogP contribution in [0.3, 0.4) is 0 Å². The van der Waals surface area contributed by atoms with Gasteiger partial charge in [0.2, 0.25) is 0 Å². The van der Waals surface area contributed by atoms with Crippen LogP contribution in [0.4, 0.5) is 5.69 Å². The number of aromatic hydroxyl groups is 1. The van der Waals surface area contributed by atoms with Gasteiger partial charge in [-0.25, -0.2) is 0 Å². The number of phenols is 1. The maximum Gasteiger partial charge on any atom is 0.117 e. The number of anilines is 1. The van der Waals surface area contributed by atoms with Gasteiger partial charge in [0.05, 0.1) is 0 Å². The van der Waals surface area contributed by atoms with Gasteiger partial charge in [-0.3, -0.25) is 0 Å². The molecular formula is C12H18N2O. The van der Waals surface area contributed by atoms with Gasteiger partial charge in [-0.1, -0.05) is 13.0 Å². The van der Waals surface area contributed by atoms with Crippen molar-refractivity contribution in [1.29, 1.82) is 0 Å². The van der Waals surface area contributed by atoms with Crippen molar-refractivity contribution in [1.82, 2.24) is 5.32 Å². The lowest BCUT2D eigenvalue weighted by Gasteiger charge is -2.27. The van der Waals surface area contributed by atoms with Gasteiger partial charge in [0.15, 0.2) is 0 Å². The second kappa shape index (κ2) is 4.53. The Morgan fingerprint density at radius 2 is 2.40 bits per heavy atom. The molecule has 2 rings (SSSR count). The number of nitrogens with one attached hydrogen (secondary N) is 2. The number of benzene rings is 1. The molecule has 3 nitrogen and oxygen atoms in total. The summed E-state index contributed by atoms with van der Waals surface area (Å²) in [5.74, 6) is 0.909. The summed E-state index contributed by atoms with van der Waals surface area (Å²) in [6.07, 6.45) is 1.16. The van der Waals surface area contributed by atoms with Crippen LogP contribution in [-0.4, -0.2) is 24.7 Å². The Bertz CT molecular complexity index is 338. The molecule has 1 unspecified atom stereocenters. The fourth-order valence-electron chi connectivity index (χ4n) is 2.12. The first kappa shape index (κ1) is 10.3. The van der Waals surface area contributed by atoms with Gasteiger partial charge in [-0.2, -0.15) is 0 Å². The highest BCUT2D eigenvalue weighted by Crippen LogP contribution is 2.33. The van der Waals surface area contributed by atoms with Crippen molar-refractivity contribution in [3.8, 4) is 5.75 Å². The Hall–Kier alpha value is -1.22. The molecule has 0 aromatic heterocycles. The number of fused-ring (bicyclic) bond motifs is 1. The molecule has 0 bridgehead atoms. The molecule has 0 saturated heterocycles. The molecule has 0 saturated carbocycles. The zero-order chi connectivity index (χ0) is 10.7. The molecule has 1 aromatic carbocycles. The summed E-state index contributed by atoms with van der Waals surface area (Å²) >= 11 is 0. The minimum atomic E-state index is 0.338. The van der Waals surface area contributed by atoms with Gasteiger partial charge in [0, 0.05) is 30.8 Å². The zero-order valence-corrected chi connectivity index (χ0v) is 9.09. The van der Waals surface area contributed by atoms with E-state index in [0.29, 0.717) is 11.7 Å². The molecule has 1 aromatic rings. The number of hydrogen-bond acceptors (Lipinski definition) is 3. The molecule has 1 aliphatic rings. The quantitative estimate of drug-likeness (QED) is 0.707. The Morgan fingerprint density at radius 3 is 3.20 bits per heavy atom. The maximum absolute atomic E-state index is 9.39. The third-order valence-corrected chi connectivity index (χ3v) is 2.93.